The summed E-state index contributed by atoms with van der Waals surface area (Å²) in [6.45, 7) is 1.61. The zero-order valence-electron chi connectivity index (χ0n) is 11.9. The Bertz CT molecular complexity index is 557. The molecule has 21 heavy (non-hydrogen) atoms. The molecular formula is C16H19FN2O2. The molecule has 4 nitrogen and oxygen atoms in total. The fraction of sp³-hybridized carbons (Fsp3) is 0.438. The molecule has 0 aliphatic carbocycles. The molecule has 0 radical (unpaired) electrons. The van der Waals surface area contributed by atoms with Gasteiger partial charge in [0.25, 0.3) is 5.91 Å². The first-order valence-corrected chi connectivity index (χ1v) is 7.16. The molecule has 1 aromatic rings. The van der Waals surface area contributed by atoms with Gasteiger partial charge in [0.1, 0.15) is 5.82 Å². The van der Waals surface area contributed by atoms with E-state index in [0.717, 1.165) is 25.9 Å². The van der Waals surface area contributed by atoms with Crippen LogP contribution in [0.5, 0.6) is 0 Å². The molecule has 1 aliphatic rings. The number of aliphatic hydroxyl groups excluding tert-OH is 1. The van der Waals surface area contributed by atoms with Crippen molar-refractivity contribution in [1.82, 2.24) is 10.4 Å². The monoisotopic (exact) mass is 290 g/mol. The Morgan fingerprint density at radius 2 is 2.10 bits per heavy atom. The minimum absolute atomic E-state index is 0.0579. The molecule has 0 bridgehead atoms. The first-order chi connectivity index (χ1) is 10.2. The Morgan fingerprint density at radius 3 is 2.81 bits per heavy atom. The highest BCUT2D eigenvalue weighted by molar-refractivity contribution is 5.96. The number of aliphatic hydroxyl groups is 1. The molecule has 0 aromatic heterocycles. The second-order valence-corrected chi connectivity index (χ2v) is 4.95. The predicted molar refractivity (Wildman–Crippen MR) is 77.9 cm³/mol. The summed E-state index contributed by atoms with van der Waals surface area (Å²) >= 11 is 0. The number of hydrogen-bond donors (Lipinski definition) is 2. The van der Waals surface area contributed by atoms with Gasteiger partial charge in [0.05, 0.1) is 12.2 Å². The van der Waals surface area contributed by atoms with E-state index in [9.17, 15) is 9.18 Å². The van der Waals surface area contributed by atoms with Gasteiger partial charge in [0.15, 0.2) is 0 Å². The average molecular weight is 290 g/mol. The van der Waals surface area contributed by atoms with Gasteiger partial charge in [-0.25, -0.2) is 9.40 Å². The van der Waals surface area contributed by atoms with Gasteiger partial charge in [-0.1, -0.05) is 18.3 Å². The highest BCUT2D eigenvalue weighted by Gasteiger charge is 2.16. The van der Waals surface area contributed by atoms with Crippen molar-refractivity contribution in [3.63, 3.8) is 0 Å². The van der Waals surface area contributed by atoms with E-state index in [2.05, 4.69) is 17.3 Å². The van der Waals surface area contributed by atoms with E-state index in [1.165, 1.54) is 24.6 Å². The molecule has 2 rings (SSSR count). The summed E-state index contributed by atoms with van der Waals surface area (Å²) in [5.41, 5.74) is 3.54. The number of nitrogens with one attached hydrogen (secondary N) is 1. The molecule has 0 spiro atoms. The number of piperidine rings is 1. The molecule has 1 amide bonds. The molecule has 1 aliphatic heterocycles. The molecular weight excluding hydrogens is 271 g/mol. The van der Waals surface area contributed by atoms with Crippen molar-refractivity contribution in [2.75, 3.05) is 19.7 Å². The summed E-state index contributed by atoms with van der Waals surface area (Å²) in [7, 11) is 0. The fourth-order valence-corrected chi connectivity index (χ4v) is 2.24. The van der Waals surface area contributed by atoms with E-state index in [-0.39, 0.29) is 12.5 Å². The molecule has 2 N–H and O–H groups in total. The van der Waals surface area contributed by atoms with Crippen LogP contribution >= 0.6 is 0 Å². The number of nitrogens with zero attached hydrogens (tertiary/aromatic N) is 1. The van der Waals surface area contributed by atoms with E-state index in [1.807, 2.05) is 5.01 Å². The van der Waals surface area contributed by atoms with Crippen molar-refractivity contribution < 1.29 is 14.3 Å². The van der Waals surface area contributed by atoms with Gasteiger partial charge < -0.3 is 5.11 Å². The van der Waals surface area contributed by atoms with Gasteiger partial charge in [-0.05, 0) is 31.0 Å². The third-order valence-electron chi connectivity index (χ3n) is 3.30. The summed E-state index contributed by atoms with van der Waals surface area (Å²) in [6.07, 6.45) is 3.60. The third kappa shape index (κ3) is 4.55. The Kier molecular flexibility index (Phi) is 5.73. The number of carbonyl (C=O) groups excluding carboxylic acids is 1. The topological polar surface area (TPSA) is 52.6 Å². The summed E-state index contributed by atoms with van der Waals surface area (Å²) in [5, 5.41) is 10.6. The first kappa shape index (κ1) is 15.5. The van der Waals surface area contributed by atoms with Gasteiger partial charge in [0.2, 0.25) is 0 Å². The van der Waals surface area contributed by atoms with Crippen LogP contribution in [0.25, 0.3) is 0 Å². The third-order valence-corrected chi connectivity index (χ3v) is 3.30. The molecule has 5 heteroatoms. The van der Waals surface area contributed by atoms with E-state index in [4.69, 9.17) is 5.11 Å². The second-order valence-electron chi connectivity index (χ2n) is 4.95. The SMILES string of the molecule is O=C(NN1CCCCC1)c1ccc(F)cc1C#CCCO. The van der Waals surface area contributed by atoms with Crippen LogP contribution in [0, 0.1) is 17.7 Å². The van der Waals surface area contributed by atoms with Gasteiger partial charge in [-0.15, -0.1) is 0 Å². The minimum atomic E-state index is -0.433. The van der Waals surface area contributed by atoms with Crippen LogP contribution in [0.15, 0.2) is 18.2 Å². The molecule has 0 atom stereocenters. The largest absolute Gasteiger partial charge is 0.395 e. The number of carbonyl (C=O) groups is 1. The number of rotatable bonds is 3. The van der Waals surface area contributed by atoms with Crippen LogP contribution in [-0.2, 0) is 0 Å². The maximum atomic E-state index is 13.3. The summed E-state index contributed by atoms with van der Waals surface area (Å²) in [5.74, 6) is 4.76. The van der Waals surface area contributed by atoms with E-state index < -0.39 is 5.82 Å². The van der Waals surface area contributed by atoms with Crippen molar-refractivity contribution in [3.8, 4) is 11.8 Å². The van der Waals surface area contributed by atoms with Gasteiger partial charge in [0, 0.05) is 25.1 Å². The normalized spacial score (nSPS) is 15.1. The standard InChI is InChI=1S/C16H19FN2O2/c17-14-7-8-15(13(12-14)6-2-5-11-20)16(21)18-19-9-3-1-4-10-19/h7-8,12,20H,1,3-5,9-11H2,(H,18,21). The lowest BCUT2D eigenvalue weighted by Gasteiger charge is -2.26. The average Bonchev–Trinajstić information content (AvgIpc) is 2.48. The molecule has 112 valence electrons. The smallest absolute Gasteiger partial charge is 0.266 e. The maximum absolute atomic E-state index is 13.3. The van der Waals surface area contributed by atoms with Crippen molar-refractivity contribution in [2.24, 2.45) is 0 Å². The Labute approximate surface area is 123 Å². The molecule has 1 heterocycles. The quantitative estimate of drug-likeness (QED) is 0.833. The Balaban J connectivity index is 2.13. The number of benzene rings is 1. The highest BCUT2D eigenvalue weighted by Crippen LogP contribution is 2.12. The summed E-state index contributed by atoms with van der Waals surface area (Å²) < 4.78 is 13.3. The van der Waals surface area contributed by atoms with E-state index in [1.54, 1.807) is 0 Å². The van der Waals surface area contributed by atoms with Crippen LogP contribution in [0.1, 0.15) is 41.6 Å². The molecule has 0 unspecified atom stereocenters. The molecule has 0 saturated carbocycles. The van der Waals surface area contributed by atoms with Crippen molar-refractivity contribution in [1.29, 1.82) is 0 Å². The van der Waals surface area contributed by atoms with Crippen LogP contribution in [0.3, 0.4) is 0 Å². The number of amides is 1. The van der Waals surface area contributed by atoms with Gasteiger partial charge in [-0.3, -0.25) is 10.2 Å². The van der Waals surface area contributed by atoms with Crippen LogP contribution in [0.4, 0.5) is 4.39 Å². The number of hydrogen-bond acceptors (Lipinski definition) is 3. The Hall–Kier alpha value is -1.90. The van der Waals surface area contributed by atoms with Gasteiger partial charge >= 0.3 is 0 Å². The van der Waals surface area contributed by atoms with E-state index >= 15 is 0 Å². The second kappa shape index (κ2) is 7.77. The lowest BCUT2D eigenvalue weighted by molar-refractivity contribution is 0.0750. The zero-order chi connectivity index (χ0) is 15.1. The van der Waals surface area contributed by atoms with Crippen LogP contribution < -0.4 is 5.43 Å². The first-order valence-electron chi connectivity index (χ1n) is 7.16. The van der Waals surface area contributed by atoms with Crippen molar-refractivity contribution in [2.45, 2.75) is 25.7 Å². The number of hydrazine groups is 1. The lowest BCUT2D eigenvalue weighted by Crippen LogP contribution is -2.45. The molecule has 1 fully saturated rings. The van der Waals surface area contributed by atoms with E-state index in [0.29, 0.717) is 17.5 Å². The van der Waals surface area contributed by atoms with Crippen LogP contribution in [0.2, 0.25) is 0 Å². The predicted octanol–water partition coefficient (Wildman–Crippen LogP) is 1.69. The van der Waals surface area contributed by atoms with Crippen LogP contribution in [-0.4, -0.2) is 35.7 Å². The highest BCUT2D eigenvalue weighted by atomic mass is 19.1. The van der Waals surface area contributed by atoms with Crippen molar-refractivity contribution >= 4 is 5.91 Å². The lowest BCUT2D eigenvalue weighted by atomic mass is 10.1. The fourth-order valence-electron chi connectivity index (χ4n) is 2.24. The molecule has 1 aromatic carbocycles. The zero-order valence-corrected chi connectivity index (χ0v) is 11.9. The minimum Gasteiger partial charge on any atom is -0.395 e. The molecule has 1 saturated heterocycles. The maximum Gasteiger partial charge on any atom is 0.266 e. The Morgan fingerprint density at radius 1 is 1.33 bits per heavy atom. The number of halogens is 1. The summed E-state index contributed by atoms with van der Waals surface area (Å²) in [6, 6.07) is 3.94. The van der Waals surface area contributed by atoms with Crippen molar-refractivity contribution in [3.05, 3.63) is 35.1 Å². The summed E-state index contributed by atoms with van der Waals surface area (Å²) in [4.78, 5) is 12.3. The van der Waals surface area contributed by atoms with Gasteiger partial charge in [-0.2, -0.15) is 0 Å².